The molecule has 0 spiro atoms. The van der Waals surface area contributed by atoms with Crippen molar-refractivity contribution in [3.8, 4) is 0 Å². The molecule has 3 rings (SSSR count). The number of benzene rings is 2. The molecule has 0 saturated heterocycles. The molecule has 0 aromatic heterocycles. The summed E-state index contributed by atoms with van der Waals surface area (Å²) in [5.74, 6) is 0. The molecule has 0 amide bonds. The van der Waals surface area contributed by atoms with Crippen LogP contribution in [0.5, 0.6) is 0 Å². The smallest absolute Gasteiger partial charge is 0.0873 e. The van der Waals surface area contributed by atoms with Gasteiger partial charge in [0.15, 0.2) is 0 Å². The number of rotatable bonds is 1. The summed E-state index contributed by atoms with van der Waals surface area (Å²) < 4.78 is 7.23. The Bertz CT molecular complexity index is 547. The third-order valence-corrected chi connectivity index (χ3v) is 4.04. The summed E-state index contributed by atoms with van der Waals surface area (Å²) in [6, 6.07) is 17.0. The second-order valence-corrected chi connectivity index (χ2v) is 5.64. The van der Waals surface area contributed by atoms with Gasteiger partial charge in [-0.25, -0.2) is 0 Å². The molecule has 0 fully saturated rings. The lowest BCUT2D eigenvalue weighted by Crippen LogP contribution is -2.18. The van der Waals surface area contributed by atoms with Gasteiger partial charge in [0.2, 0.25) is 0 Å². The highest BCUT2D eigenvalue weighted by molar-refractivity contribution is 9.10. The van der Waals surface area contributed by atoms with E-state index in [1.54, 1.807) is 0 Å². The molecule has 0 bridgehead atoms. The number of hydrogen-bond donors (Lipinski definition) is 0. The number of halogens is 1. The summed E-state index contributed by atoms with van der Waals surface area (Å²) >= 11 is 3.47. The van der Waals surface area contributed by atoms with E-state index < -0.39 is 0 Å². The summed E-state index contributed by atoms with van der Waals surface area (Å²) in [6.45, 7) is 2.13. The van der Waals surface area contributed by atoms with E-state index in [1.807, 2.05) is 0 Å². The van der Waals surface area contributed by atoms with Crippen LogP contribution in [0, 0.1) is 0 Å². The van der Waals surface area contributed by atoms with Gasteiger partial charge in [-0.1, -0.05) is 52.3 Å². The molecule has 18 heavy (non-hydrogen) atoms. The topological polar surface area (TPSA) is 9.23 Å². The molecule has 0 aliphatic carbocycles. The molecule has 1 heterocycles. The van der Waals surface area contributed by atoms with Gasteiger partial charge >= 0.3 is 0 Å². The molecule has 0 N–H and O–H groups in total. The first-order valence-corrected chi connectivity index (χ1v) is 7.02. The molecule has 2 heteroatoms. The van der Waals surface area contributed by atoms with E-state index in [2.05, 4.69) is 71.4 Å². The molecule has 92 valence electrons. The van der Waals surface area contributed by atoms with Crippen LogP contribution in [0.4, 0.5) is 0 Å². The van der Waals surface area contributed by atoms with Crippen LogP contribution in [0.25, 0.3) is 0 Å². The highest BCUT2D eigenvalue weighted by atomic mass is 79.9. The highest BCUT2D eigenvalue weighted by Crippen LogP contribution is 2.37. The zero-order valence-corrected chi connectivity index (χ0v) is 11.9. The van der Waals surface area contributed by atoms with Crippen molar-refractivity contribution in [3.05, 3.63) is 69.7 Å². The summed E-state index contributed by atoms with van der Waals surface area (Å²) in [4.78, 5) is 0. The van der Waals surface area contributed by atoms with Crippen LogP contribution in [0.3, 0.4) is 0 Å². The minimum atomic E-state index is 0.169. The summed E-state index contributed by atoms with van der Waals surface area (Å²) in [7, 11) is 0. The molecule has 1 nitrogen and oxygen atoms in total. The van der Waals surface area contributed by atoms with Gasteiger partial charge in [-0.05, 0) is 35.7 Å². The highest BCUT2D eigenvalue weighted by Gasteiger charge is 2.25. The SMILES string of the molecule is C[C@@H]1O[C@@H](c2ccc(Br)cc2)Cc2ccccc21. The lowest BCUT2D eigenvalue weighted by atomic mass is 9.92. The number of fused-ring (bicyclic) bond motifs is 1. The second kappa shape index (κ2) is 4.87. The molecule has 2 aromatic carbocycles. The third kappa shape index (κ3) is 2.23. The van der Waals surface area contributed by atoms with Crippen LogP contribution in [-0.2, 0) is 11.2 Å². The van der Waals surface area contributed by atoms with E-state index in [4.69, 9.17) is 4.74 Å². The molecule has 0 radical (unpaired) electrons. The average Bonchev–Trinajstić information content (AvgIpc) is 2.39. The predicted molar refractivity (Wildman–Crippen MR) is 76.5 cm³/mol. The molecule has 1 aliphatic heterocycles. The van der Waals surface area contributed by atoms with Crippen molar-refractivity contribution in [1.82, 2.24) is 0 Å². The van der Waals surface area contributed by atoms with E-state index in [9.17, 15) is 0 Å². The fraction of sp³-hybridized carbons (Fsp3) is 0.250. The van der Waals surface area contributed by atoms with Gasteiger partial charge < -0.3 is 4.74 Å². The first kappa shape index (κ1) is 11.9. The summed E-state index contributed by atoms with van der Waals surface area (Å²) in [5, 5.41) is 0. The molecular formula is C16H15BrO. The molecular weight excluding hydrogens is 288 g/mol. The van der Waals surface area contributed by atoms with E-state index in [0.29, 0.717) is 0 Å². The standard InChI is InChI=1S/C16H15BrO/c1-11-15-5-3-2-4-13(15)10-16(18-11)12-6-8-14(17)9-7-12/h2-9,11,16H,10H2,1H3/t11-,16+/m0/s1. The van der Waals surface area contributed by atoms with Crippen molar-refractivity contribution in [1.29, 1.82) is 0 Å². The van der Waals surface area contributed by atoms with Crippen molar-refractivity contribution in [2.45, 2.75) is 25.6 Å². The minimum absolute atomic E-state index is 0.169. The van der Waals surface area contributed by atoms with Crippen molar-refractivity contribution >= 4 is 15.9 Å². The minimum Gasteiger partial charge on any atom is -0.366 e. The monoisotopic (exact) mass is 302 g/mol. The van der Waals surface area contributed by atoms with Crippen LogP contribution < -0.4 is 0 Å². The Labute approximate surface area is 116 Å². The van der Waals surface area contributed by atoms with E-state index >= 15 is 0 Å². The van der Waals surface area contributed by atoms with Gasteiger partial charge in [-0.15, -0.1) is 0 Å². The lowest BCUT2D eigenvalue weighted by molar-refractivity contribution is -0.0172. The van der Waals surface area contributed by atoms with Gasteiger partial charge in [0.05, 0.1) is 12.2 Å². The Morgan fingerprint density at radius 3 is 2.56 bits per heavy atom. The zero-order valence-electron chi connectivity index (χ0n) is 10.3. The first-order valence-electron chi connectivity index (χ1n) is 6.23. The van der Waals surface area contributed by atoms with E-state index in [1.165, 1.54) is 16.7 Å². The van der Waals surface area contributed by atoms with Crippen molar-refractivity contribution in [2.24, 2.45) is 0 Å². The van der Waals surface area contributed by atoms with Crippen LogP contribution in [-0.4, -0.2) is 0 Å². The van der Waals surface area contributed by atoms with Crippen LogP contribution in [0.1, 0.15) is 35.8 Å². The maximum Gasteiger partial charge on any atom is 0.0873 e. The average molecular weight is 303 g/mol. The van der Waals surface area contributed by atoms with Crippen molar-refractivity contribution in [3.63, 3.8) is 0 Å². The second-order valence-electron chi connectivity index (χ2n) is 4.72. The molecule has 2 aromatic rings. The quantitative estimate of drug-likeness (QED) is 0.733. The van der Waals surface area contributed by atoms with Gasteiger partial charge in [-0.3, -0.25) is 0 Å². The van der Waals surface area contributed by atoms with Gasteiger partial charge in [0, 0.05) is 10.9 Å². The molecule has 0 saturated carbocycles. The number of hydrogen-bond acceptors (Lipinski definition) is 1. The molecule has 0 unspecified atom stereocenters. The van der Waals surface area contributed by atoms with Crippen molar-refractivity contribution in [2.75, 3.05) is 0 Å². The Hall–Kier alpha value is -1.12. The Morgan fingerprint density at radius 2 is 1.78 bits per heavy atom. The molecule has 1 aliphatic rings. The zero-order chi connectivity index (χ0) is 12.5. The predicted octanol–water partition coefficient (Wildman–Crippen LogP) is 4.82. The molecule has 2 atom stereocenters. The van der Waals surface area contributed by atoms with E-state index in [-0.39, 0.29) is 12.2 Å². The van der Waals surface area contributed by atoms with Crippen molar-refractivity contribution < 1.29 is 4.74 Å². The van der Waals surface area contributed by atoms with Crippen LogP contribution >= 0.6 is 15.9 Å². The lowest BCUT2D eigenvalue weighted by Gasteiger charge is -2.30. The summed E-state index contributed by atoms with van der Waals surface area (Å²) in [6.07, 6.45) is 1.30. The van der Waals surface area contributed by atoms with Gasteiger partial charge in [0.1, 0.15) is 0 Å². The normalized spacial score (nSPS) is 22.6. The van der Waals surface area contributed by atoms with Gasteiger partial charge in [-0.2, -0.15) is 0 Å². The maximum absolute atomic E-state index is 6.12. The van der Waals surface area contributed by atoms with Crippen LogP contribution in [0.2, 0.25) is 0 Å². The summed E-state index contributed by atoms with van der Waals surface area (Å²) in [5.41, 5.74) is 3.98. The third-order valence-electron chi connectivity index (χ3n) is 3.51. The fourth-order valence-electron chi connectivity index (χ4n) is 2.56. The maximum atomic E-state index is 6.12. The Balaban J connectivity index is 1.92. The number of ether oxygens (including phenoxy) is 1. The van der Waals surface area contributed by atoms with E-state index in [0.717, 1.165) is 10.9 Å². The van der Waals surface area contributed by atoms with Crippen LogP contribution in [0.15, 0.2) is 53.0 Å². The fourth-order valence-corrected chi connectivity index (χ4v) is 2.82. The Kier molecular flexibility index (Phi) is 3.23. The van der Waals surface area contributed by atoms with Gasteiger partial charge in [0.25, 0.3) is 0 Å². The Morgan fingerprint density at radius 1 is 1.06 bits per heavy atom. The largest absolute Gasteiger partial charge is 0.366 e. The first-order chi connectivity index (χ1) is 8.74.